The smallest absolute Gasteiger partial charge is 0.222 e. The predicted molar refractivity (Wildman–Crippen MR) is 78.2 cm³/mol. The highest BCUT2D eigenvalue weighted by Gasteiger charge is 2.24. The van der Waals surface area contributed by atoms with Crippen LogP contribution in [0.1, 0.15) is 6.42 Å². The molecule has 0 aromatic carbocycles. The van der Waals surface area contributed by atoms with Crippen LogP contribution >= 0.6 is 15.9 Å². The zero-order chi connectivity index (χ0) is 13.1. The Balaban J connectivity index is 1.66. The van der Waals surface area contributed by atoms with Crippen molar-refractivity contribution in [3.63, 3.8) is 0 Å². The highest BCUT2D eigenvalue weighted by Crippen LogP contribution is 2.26. The minimum atomic E-state index is 0.358. The Bertz CT molecular complexity index is 548. The molecule has 1 aliphatic rings. The topological polar surface area (TPSA) is 53.9 Å². The van der Waals surface area contributed by atoms with Gasteiger partial charge in [-0.05, 0) is 40.5 Å². The standard InChI is InChI=1S/C13H14BrN5/c14-11-3-1-5-15-12(11)19-8-4-10(9-19)18-13-16-6-2-7-17-13/h1-3,5-7,10H,4,8-9H2,(H,16,17,18). The van der Waals surface area contributed by atoms with E-state index < -0.39 is 0 Å². The predicted octanol–water partition coefficient (Wildman–Crippen LogP) is 2.32. The molecule has 1 N–H and O–H groups in total. The average Bonchev–Trinajstić information content (AvgIpc) is 2.89. The third-order valence-electron chi connectivity index (χ3n) is 3.13. The fourth-order valence-electron chi connectivity index (χ4n) is 2.24. The molecule has 1 saturated heterocycles. The van der Waals surface area contributed by atoms with Crippen LogP contribution < -0.4 is 10.2 Å². The first-order valence-electron chi connectivity index (χ1n) is 6.22. The second kappa shape index (κ2) is 5.52. The molecule has 1 aliphatic heterocycles. The first-order chi connectivity index (χ1) is 9.33. The van der Waals surface area contributed by atoms with E-state index in [-0.39, 0.29) is 0 Å². The summed E-state index contributed by atoms with van der Waals surface area (Å²) in [6.07, 6.45) is 6.37. The maximum atomic E-state index is 4.42. The van der Waals surface area contributed by atoms with Gasteiger partial charge in [-0.3, -0.25) is 0 Å². The molecule has 2 aromatic rings. The van der Waals surface area contributed by atoms with Crippen LogP contribution in [0.15, 0.2) is 41.3 Å². The largest absolute Gasteiger partial charge is 0.354 e. The SMILES string of the molecule is Brc1cccnc1N1CCC(Nc2ncccn2)C1. The molecule has 0 aliphatic carbocycles. The number of pyridine rings is 1. The molecule has 1 unspecified atom stereocenters. The van der Waals surface area contributed by atoms with E-state index in [0.717, 1.165) is 29.8 Å². The molecule has 0 radical (unpaired) electrons. The van der Waals surface area contributed by atoms with Gasteiger partial charge in [-0.25, -0.2) is 15.0 Å². The fraction of sp³-hybridized carbons (Fsp3) is 0.308. The molecule has 0 spiro atoms. The molecule has 0 amide bonds. The summed E-state index contributed by atoms with van der Waals surface area (Å²) in [4.78, 5) is 15.1. The van der Waals surface area contributed by atoms with Crippen LogP contribution in [0.4, 0.5) is 11.8 Å². The van der Waals surface area contributed by atoms with Crippen molar-refractivity contribution in [1.29, 1.82) is 0 Å². The highest BCUT2D eigenvalue weighted by atomic mass is 79.9. The molecular weight excluding hydrogens is 306 g/mol. The molecule has 1 atom stereocenters. The lowest BCUT2D eigenvalue weighted by Gasteiger charge is -2.19. The van der Waals surface area contributed by atoms with Crippen LogP contribution in [0.25, 0.3) is 0 Å². The zero-order valence-electron chi connectivity index (χ0n) is 10.3. The Morgan fingerprint density at radius 1 is 1.16 bits per heavy atom. The molecule has 0 saturated carbocycles. The molecule has 19 heavy (non-hydrogen) atoms. The molecule has 98 valence electrons. The Kier molecular flexibility index (Phi) is 3.59. The quantitative estimate of drug-likeness (QED) is 0.941. The van der Waals surface area contributed by atoms with Crippen molar-refractivity contribution >= 4 is 27.7 Å². The molecule has 3 rings (SSSR count). The Morgan fingerprint density at radius 3 is 2.74 bits per heavy atom. The van der Waals surface area contributed by atoms with Gasteiger partial charge in [-0.2, -0.15) is 0 Å². The Labute approximate surface area is 120 Å². The molecule has 1 fully saturated rings. The van der Waals surface area contributed by atoms with E-state index in [2.05, 4.69) is 41.1 Å². The summed E-state index contributed by atoms with van der Waals surface area (Å²) >= 11 is 3.54. The summed E-state index contributed by atoms with van der Waals surface area (Å²) in [6.45, 7) is 1.90. The van der Waals surface area contributed by atoms with Crippen molar-refractivity contribution in [2.24, 2.45) is 0 Å². The average molecular weight is 320 g/mol. The number of hydrogen-bond donors (Lipinski definition) is 1. The van der Waals surface area contributed by atoms with Gasteiger partial charge in [-0.15, -0.1) is 0 Å². The third kappa shape index (κ3) is 2.84. The van der Waals surface area contributed by atoms with Crippen molar-refractivity contribution < 1.29 is 0 Å². The van der Waals surface area contributed by atoms with Crippen LogP contribution in [-0.2, 0) is 0 Å². The molecule has 3 heterocycles. The first kappa shape index (κ1) is 12.3. The van der Waals surface area contributed by atoms with E-state index in [0.29, 0.717) is 12.0 Å². The van der Waals surface area contributed by atoms with E-state index in [9.17, 15) is 0 Å². The minimum absolute atomic E-state index is 0.358. The first-order valence-corrected chi connectivity index (χ1v) is 7.01. The van der Waals surface area contributed by atoms with E-state index >= 15 is 0 Å². The van der Waals surface area contributed by atoms with Crippen molar-refractivity contribution in [3.05, 3.63) is 41.3 Å². The second-order valence-corrected chi connectivity index (χ2v) is 5.31. The molecule has 5 nitrogen and oxygen atoms in total. The lowest BCUT2D eigenvalue weighted by molar-refractivity contribution is 0.791. The van der Waals surface area contributed by atoms with Crippen molar-refractivity contribution in [3.8, 4) is 0 Å². The summed E-state index contributed by atoms with van der Waals surface area (Å²) in [5.74, 6) is 1.69. The Morgan fingerprint density at radius 2 is 1.95 bits per heavy atom. The van der Waals surface area contributed by atoms with E-state index in [1.165, 1.54) is 0 Å². The van der Waals surface area contributed by atoms with Crippen molar-refractivity contribution in [1.82, 2.24) is 15.0 Å². The van der Waals surface area contributed by atoms with Gasteiger partial charge >= 0.3 is 0 Å². The summed E-state index contributed by atoms with van der Waals surface area (Å²) in [5, 5.41) is 3.35. The van der Waals surface area contributed by atoms with E-state index in [4.69, 9.17) is 0 Å². The van der Waals surface area contributed by atoms with Crippen LogP contribution in [0.5, 0.6) is 0 Å². The molecule has 2 aromatic heterocycles. The monoisotopic (exact) mass is 319 g/mol. The third-order valence-corrected chi connectivity index (χ3v) is 3.74. The summed E-state index contributed by atoms with van der Waals surface area (Å²) in [7, 11) is 0. The normalized spacial score (nSPS) is 18.6. The summed E-state index contributed by atoms with van der Waals surface area (Å²) in [6, 6.07) is 6.12. The fourth-order valence-corrected chi connectivity index (χ4v) is 2.74. The van der Waals surface area contributed by atoms with Crippen molar-refractivity contribution in [2.45, 2.75) is 12.5 Å². The number of nitrogens with zero attached hydrogens (tertiary/aromatic N) is 4. The van der Waals surface area contributed by atoms with E-state index in [1.54, 1.807) is 12.4 Å². The lowest BCUT2D eigenvalue weighted by Crippen LogP contribution is -2.27. The lowest BCUT2D eigenvalue weighted by atomic mass is 10.3. The van der Waals surface area contributed by atoms with Gasteiger partial charge < -0.3 is 10.2 Å². The zero-order valence-corrected chi connectivity index (χ0v) is 11.9. The number of rotatable bonds is 3. The Hall–Kier alpha value is -1.69. The van der Waals surface area contributed by atoms with Gasteiger partial charge in [0.2, 0.25) is 5.95 Å². The highest BCUT2D eigenvalue weighted by molar-refractivity contribution is 9.10. The maximum absolute atomic E-state index is 4.42. The molecule has 0 bridgehead atoms. The number of nitrogens with one attached hydrogen (secondary N) is 1. The molecular formula is C13H14BrN5. The van der Waals surface area contributed by atoms with Gasteiger partial charge in [0.1, 0.15) is 5.82 Å². The van der Waals surface area contributed by atoms with Crippen molar-refractivity contribution in [2.75, 3.05) is 23.3 Å². The van der Waals surface area contributed by atoms with Gasteiger partial charge in [-0.1, -0.05) is 0 Å². The maximum Gasteiger partial charge on any atom is 0.222 e. The van der Waals surface area contributed by atoms with E-state index in [1.807, 2.05) is 24.4 Å². The van der Waals surface area contributed by atoms with Crippen LogP contribution in [-0.4, -0.2) is 34.1 Å². The summed E-state index contributed by atoms with van der Waals surface area (Å²) < 4.78 is 1.03. The van der Waals surface area contributed by atoms with Gasteiger partial charge in [0, 0.05) is 37.7 Å². The summed E-state index contributed by atoms with van der Waals surface area (Å²) in [5.41, 5.74) is 0. The van der Waals surface area contributed by atoms with Crippen LogP contribution in [0.3, 0.4) is 0 Å². The number of anilines is 2. The van der Waals surface area contributed by atoms with Gasteiger partial charge in [0.25, 0.3) is 0 Å². The number of halogens is 1. The van der Waals surface area contributed by atoms with Crippen LogP contribution in [0, 0.1) is 0 Å². The molecule has 6 heteroatoms. The second-order valence-electron chi connectivity index (χ2n) is 4.46. The number of hydrogen-bond acceptors (Lipinski definition) is 5. The van der Waals surface area contributed by atoms with Crippen LogP contribution in [0.2, 0.25) is 0 Å². The number of aromatic nitrogens is 3. The minimum Gasteiger partial charge on any atom is -0.354 e. The van der Waals surface area contributed by atoms with Gasteiger partial charge in [0.15, 0.2) is 0 Å². The van der Waals surface area contributed by atoms with Gasteiger partial charge in [0.05, 0.1) is 4.47 Å².